The van der Waals surface area contributed by atoms with E-state index in [0.29, 0.717) is 16.3 Å². The average molecular weight is 195 g/mol. The van der Waals surface area contributed by atoms with E-state index in [1.165, 1.54) is 0 Å². The lowest BCUT2D eigenvalue weighted by molar-refractivity contribution is 0.922. The fourth-order valence-electron chi connectivity index (χ4n) is 1.19. The number of nitrogen functional groups attached to an aromatic ring is 1. The fourth-order valence-corrected chi connectivity index (χ4v) is 1.46. The molecular weight excluding hydrogens is 184 g/mol. The van der Waals surface area contributed by atoms with E-state index < -0.39 is 0 Å². The zero-order valence-corrected chi connectivity index (χ0v) is 8.23. The highest BCUT2D eigenvalue weighted by Crippen LogP contribution is 2.23. The molecule has 1 aromatic carbocycles. The molecule has 1 aromatic rings. The van der Waals surface area contributed by atoms with Gasteiger partial charge >= 0.3 is 0 Å². The summed E-state index contributed by atoms with van der Waals surface area (Å²) in [6.45, 7) is 2.07. The van der Waals surface area contributed by atoms with E-state index in [1.54, 1.807) is 12.1 Å². The van der Waals surface area contributed by atoms with Gasteiger partial charge in [0.25, 0.3) is 0 Å². The zero-order chi connectivity index (χ0) is 9.84. The van der Waals surface area contributed by atoms with Crippen molar-refractivity contribution in [3.63, 3.8) is 0 Å². The average Bonchev–Trinajstić information content (AvgIpc) is 2.10. The normalized spacial score (nSPS) is 9.62. The molecule has 68 valence electrons. The van der Waals surface area contributed by atoms with Gasteiger partial charge in [0.1, 0.15) is 6.07 Å². The lowest BCUT2D eigenvalue weighted by Gasteiger charge is -2.04. The maximum Gasteiger partial charge on any atom is 0.101 e. The molecule has 2 N–H and O–H groups in total. The van der Waals surface area contributed by atoms with E-state index in [4.69, 9.17) is 22.6 Å². The number of nitriles is 1. The molecule has 3 heteroatoms. The van der Waals surface area contributed by atoms with E-state index in [2.05, 4.69) is 6.92 Å². The molecule has 0 aliphatic carbocycles. The van der Waals surface area contributed by atoms with Crippen LogP contribution in [-0.2, 0) is 6.42 Å². The molecule has 0 heterocycles. The molecule has 1 rings (SSSR count). The summed E-state index contributed by atoms with van der Waals surface area (Å²) < 4.78 is 0. The minimum absolute atomic E-state index is 0.451. The van der Waals surface area contributed by atoms with E-state index >= 15 is 0 Å². The van der Waals surface area contributed by atoms with Crippen molar-refractivity contribution in [3.05, 3.63) is 28.3 Å². The van der Waals surface area contributed by atoms with E-state index in [1.807, 2.05) is 6.07 Å². The number of rotatable bonds is 2. The van der Waals surface area contributed by atoms with E-state index in [-0.39, 0.29) is 0 Å². The van der Waals surface area contributed by atoms with Gasteiger partial charge in [-0.25, -0.2) is 0 Å². The Bertz CT molecular complexity index is 353. The van der Waals surface area contributed by atoms with E-state index in [9.17, 15) is 0 Å². The van der Waals surface area contributed by atoms with Gasteiger partial charge in [-0.2, -0.15) is 5.26 Å². The lowest BCUT2D eigenvalue weighted by atomic mass is 10.1. The Morgan fingerprint density at radius 3 is 2.77 bits per heavy atom. The maximum absolute atomic E-state index is 8.73. The number of halogens is 1. The Kier molecular flexibility index (Phi) is 3.16. The number of nitrogens with zero attached hydrogens (tertiary/aromatic N) is 1. The van der Waals surface area contributed by atoms with Crippen molar-refractivity contribution in [2.75, 3.05) is 5.73 Å². The summed E-state index contributed by atoms with van der Waals surface area (Å²) in [6, 6.07) is 5.45. The third-order valence-corrected chi connectivity index (χ3v) is 2.21. The van der Waals surface area contributed by atoms with Crippen molar-refractivity contribution in [2.24, 2.45) is 0 Å². The highest BCUT2D eigenvalue weighted by molar-refractivity contribution is 6.31. The van der Waals surface area contributed by atoms with Gasteiger partial charge in [-0.15, -0.1) is 0 Å². The summed E-state index contributed by atoms with van der Waals surface area (Å²) in [4.78, 5) is 0. The smallest absolute Gasteiger partial charge is 0.101 e. The summed E-state index contributed by atoms with van der Waals surface area (Å²) in [5.41, 5.74) is 7.54. The molecule has 0 bridgehead atoms. The first-order valence-electron chi connectivity index (χ1n) is 4.17. The molecule has 0 amide bonds. The summed E-state index contributed by atoms with van der Waals surface area (Å²) >= 11 is 5.95. The van der Waals surface area contributed by atoms with Gasteiger partial charge in [0.15, 0.2) is 0 Å². The van der Waals surface area contributed by atoms with Gasteiger partial charge in [0, 0.05) is 5.02 Å². The molecule has 13 heavy (non-hydrogen) atoms. The topological polar surface area (TPSA) is 49.8 Å². The molecule has 2 nitrogen and oxygen atoms in total. The number of hydrogen-bond acceptors (Lipinski definition) is 2. The van der Waals surface area contributed by atoms with Crippen LogP contribution in [0.5, 0.6) is 0 Å². The van der Waals surface area contributed by atoms with Crippen molar-refractivity contribution < 1.29 is 0 Å². The minimum Gasteiger partial charge on any atom is -0.398 e. The van der Waals surface area contributed by atoms with Crippen molar-refractivity contribution in [1.82, 2.24) is 0 Å². The highest BCUT2D eigenvalue weighted by Gasteiger charge is 2.04. The molecule has 0 aliphatic rings. The molecule has 0 aromatic heterocycles. The molecule has 0 unspecified atom stereocenters. The van der Waals surface area contributed by atoms with Gasteiger partial charge in [0.05, 0.1) is 11.3 Å². The van der Waals surface area contributed by atoms with Crippen LogP contribution in [0.15, 0.2) is 12.1 Å². The Morgan fingerprint density at radius 1 is 1.54 bits per heavy atom. The molecule has 0 radical (unpaired) electrons. The highest BCUT2D eigenvalue weighted by atomic mass is 35.5. The third kappa shape index (κ3) is 2.13. The molecule has 0 atom stereocenters. The van der Waals surface area contributed by atoms with Crippen LogP contribution in [0.25, 0.3) is 0 Å². The predicted molar refractivity (Wildman–Crippen MR) is 54.6 cm³/mol. The molecule has 0 spiro atoms. The zero-order valence-electron chi connectivity index (χ0n) is 7.47. The van der Waals surface area contributed by atoms with Crippen molar-refractivity contribution in [3.8, 4) is 6.07 Å². The van der Waals surface area contributed by atoms with Crippen LogP contribution in [0, 0.1) is 11.3 Å². The van der Waals surface area contributed by atoms with Gasteiger partial charge in [-0.3, -0.25) is 0 Å². The number of nitrogens with two attached hydrogens (primary N) is 1. The van der Waals surface area contributed by atoms with Gasteiger partial charge in [-0.05, 0) is 24.1 Å². The third-order valence-electron chi connectivity index (χ3n) is 1.86. The summed E-state index contributed by atoms with van der Waals surface area (Å²) in [6.07, 6.45) is 1.89. The second-order valence-electron chi connectivity index (χ2n) is 2.89. The van der Waals surface area contributed by atoms with Crippen molar-refractivity contribution in [2.45, 2.75) is 19.8 Å². The Labute approximate surface area is 82.9 Å². The van der Waals surface area contributed by atoms with Crippen LogP contribution in [0.4, 0.5) is 5.69 Å². The van der Waals surface area contributed by atoms with Crippen LogP contribution >= 0.6 is 11.6 Å². The van der Waals surface area contributed by atoms with Gasteiger partial charge in [0.2, 0.25) is 0 Å². The number of hydrogen-bond donors (Lipinski definition) is 1. The summed E-state index contributed by atoms with van der Waals surface area (Å²) in [7, 11) is 0. The summed E-state index contributed by atoms with van der Waals surface area (Å²) in [5, 5.41) is 9.38. The van der Waals surface area contributed by atoms with Crippen LogP contribution in [0.1, 0.15) is 24.5 Å². The standard InChI is InChI=1S/C10H11ClN2/c1-2-3-7-4-8(6-12)10(13)5-9(7)11/h4-5H,2-3,13H2,1H3. The molecule has 0 saturated carbocycles. The first-order chi connectivity index (χ1) is 6.19. The molecule has 0 fully saturated rings. The quantitative estimate of drug-likeness (QED) is 0.736. The van der Waals surface area contributed by atoms with Crippen LogP contribution in [0.3, 0.4) is 0 Å². The maximum atomic E-state index is 8.73. The summed E-state index contributed by atoms with van der Waals surface area (Å²) in [5.74, 6) is 0. The second-order valence-corrected chi connectivity index (χ2v) is 3.30. The Balaban J connectivity index is 3.16. The predicted octanol–water partition coefficient (Wildman–Crippen LogP) is 2.75. The van der Waals surface area contributed by atoms with Gasteiger partial charge < -0.3 is 5.73 Å². The monoisotopic (exact) mass is 194 g/mol. The first-order valence-corrected chi connectivity index (χ1v) is 4.54. The number of aryl methyl sites for hydroxylation is 1. The van der Waals surface area contributed by atoms with Crippen molar-refractivity contribution in [1.29, 1.82) is 5.26 Å². The van der Waals surface area contributed by atoms with Crippen molar-refractivity contribution >= 4 is 17.3 Å². The first kappa shape index (κ1) is 9.88. The fraction of sp³-hybridized carbons (Fsp3) is 0.300. The SMILES string of the molecule is CCCc1cc(C#N)c(N)cc1Cl. The van der Waals surface area contributed by atoms with Gasteiger partial charge in [-0.1, -0.05) is 24.9 Å². The Hall–Kier alpha value is -1.20. The van der Waals surface area contributed by atoms with Crippen LogP contribution < -0.4 is 5.73 Å². The molecule has 0 aliphatic heterocycles. The second kappa shape index (κ2) is 4.15. The number of benzene rings is 1. The van der Waals surface area contributed by atoms with Crippen LogP contribution in [-0.4, -0.2) is 0 Å². The van der Waals surface area contributed by atoms with E-state index in [0.717, 1.165) is 18.4 Å². The Morgan fingerprint density at radius 2 is 2.23 bits per heavy atom. The number of anilines is 1. The molecular formula is C10H11ClN2. The molecule has 0 saturated heterocycles. The van der Waals surface area contributed by atoms with Crippen LogP contribution in [0.2, 0.25) is 5.02 Å². The lowest BCUT2D eigenvalue weighted by Crippen LogP contribution is -1.94. The largest absolute Gasteiger partial charge is 0.398 e. The minimum atomic E-state index is 0.451.